The first-order chi connectivity index (χ1) is 11.6. The van der Waals surface area contributed by atoms with Crippen molar-refractivity contribution in [2.24, 2.45) is 7.05 Å². The Bertz CT molecular complexity index is 741. The minimum Gasteiger partial charge on any atom is -0.481 e. The van der Waals surface area contributed by atoms with Crippen LogP contribution in [0.3, 0.4) is 0 Å². The van der Waals surface area contributed by atoms with E-state index in [0.717, 1.165) is 41.1 Å². The van der Waals surface area contributed by atoms with E-state index in [4.69, 9.17) is 4.74 Å². The van der Waals surface area contributed by atoms with E-state index in [1.807, 2.05) is 38.2 Å². The van der Waals surface area contributed by atoms with Gasteiger partial charge in [0.1, 0.15) is 0 Å². The third-order valence-electron chi connectivity index (χ3n) is 4.21. The fraction of sp³-hybridized carbons (Fsp3) is 0.444. The Kier molecular flexibility index (Phi) is 6.45. The van der Waals surface area contributed by atoms with Gasteiger partial charge in [-0.1, -0.05) is 12.1 Å². The highest BCUT2D eigenvalue weighted by molar-refractivity contribution is 5.94. The molecular weight excluding hydrogens is 340 g/mol. The van der Waals surface area contributed by atoms with Crippen molar-refractivity contribution in [3.63, 3.8) is 0 Å². The van der Waals surface area contributed by atoms with E-state index in [9.17, 15) is 4.79 Å². The molecule has 2 aromatic rings. The molecule has 0 bridgehead atoms. The molecule has 1 heterocycles. The second kappa shape index (κ2) is 8.36. The smallest absolute Gasteiger partial charge is 0.251 e. The van der Waals surface area contributed by atoms with Gasteiger partial charge in [0.15, 0.2) is 0 Å². The van der Waals surface area contributed by atoms with E-state index in [1.165, 1.54) is 0 Å². The van der Waals surface area contributed by atoms with Gasteiger partial charge in [-0.05, 0) is 37.5 Å². The van der Waals surface area contributed by atoms with E-state index in [-0.39, 0.29) is 18.3 Å². The summed E-state index contributed by atoms with van der Waals surface area (Å²) in [5, 5.41) is 10.8. The topological polar surface area (TPSA) is 68.2 Å². The zero-order chi connectivity index (χ0) is 17.1. The number of carbonyl (C=O) groups excluding carboxylic acids is 1. The number of hydrogen-bond acceptors (Lipinski definition) is 4. The lowest BCUT2D eigenvalue weighted by Crippen LogP contribution is -2.25. The van der Waals surface area contributed by atoms with Gasteiger partial charge in [0.05, 0.1) is 18.4 Å². The summed E-state index contributed by atoms with van der Waals surface area (Å²) in [7, 11) is 3.53. The third kappa shape index (κ3) is 4.74. The fourth-order valence-corrected chi connectivity index (χ4v) is 2.79. The first-order valence-corrected chi connectivity index (χ1v) is 8.25. The van der Waals surface area contributed by atoms with Gasteiger partial charge in [-0.3, -0.25) is 4.79 Å². The summed E-state index contributed by atoms with van der Waals surface area (Å²) in [5.74, 6) is 0.793. The van der Waals surface area contributed by atoms with Gasteiger partial charge in [0.2, 0.25) is 5.88 Å². The second-order valence-electron chi connectivity index (χ2n) is 6.25. The van der Waals surface area contributed by atoms with Gasteiger partial charge in [-0.15, -0.1) is 12.4 Å². The van der Waals surface area contributed by atoms with Crippen LogP contribution in [0.5, 0.6) is 5.88 Å². The van der Waals surface area contributed by atoms with Crippen LogP contribution in [0, 0.1) is 6.92 Å². The third-order valence-corrected chi connectivity index (χ3v) is 4.21. The van der Waals surface area contributed by atoms with Crippen LogP contribution >= 0.6 is 12.4 Å². The molecule has 0 atom stereocenters. The summed E-state index contributed by atoms with van der Waals surface area (Å²) < 4.78 is 7.15. The Hall–Kier alpha value is -2.05. The Labute approximate surface area is 154 Å². The van der Waals surface area contributed by atoms with Crippen LogP contribution in [0.2, 0.25) is 0 Å². The number of carbonyl (C=O) groups is 1. The van der Waals surface area contributed by atoms with Crippen LogP contribution in [-0.2, 0) is 20.1 Å². The molecule has 0 saturated heterocycles. The molecule has 0 unspecified atom stereocenters. The molecule has 0 spiro atoms. The Morgan fingerprint density at radius 2 is 2.12 bits per heavy atom. The maximum Gasteiger partial charge on any atom is 0.251 e. The molecular formula is C18H25ClN4O2. The zero-order valence-electron chi connectivity index (χ0n) is 14.8. The van der Waals surface area contributed by atoms with Crippen molar-refractivity contribution in [2.75, 3.05) is 7.11 Å². The van der Waals surface area contributed by atoms with E-state index in [0.29, 0.717) is 19.1 Å². The van der Waals surface area contributed by atoms with E-state index in [1.54, 1.807) is 11.8 Å². The minimum atomic E-state index is 0. The molecule has 136 valence electrons. The lowest BCUT2D eigenvalue weighted by molar-refractivity contribution is 0.0951. The summed E-state index contributed by atoms with van der Waals surface area (Å²) in [6.45, 7) is 3.33. The van der Waals surface area contributed by atoms with Crippen LogP contribution < -0.4 is 15.4 Å². The number of hydrogen-bond donors (Lipinski definition) is 2. The minimum absolute atomic E-state index is 0. The molecule has 2 N–H and O–H groups in total. The Balaban J connectivity index is 0.00000225. The lowest BCUT2D eigenvalue weighted by atomic mass is 10.1. The lowest BCUT2D eigenvalue weighted by Gasteiger charge is -2.09. The number of nitrogens with one attached hydrogen (secondary N) is 2. The average Bonchev–Trinajstić information content (AvgIpc) is 3.33. The number of halogens is 1. The predicted molar refractivity (Wildman–Crippen MR) is 99.2 cm³/mol. The Morgan fingerprint density at radius 3 is 2.80 bits per heavy atom. The maximum absolute atomic E-state index is 12.1. The predicted octanol–water partition coefficient (Wildman–Crippen LogP) is 2.34. The van der Waals surface area contributed by atoms with Crippen LogP contribution in [0.4, 0.5) is 0 Å². The number of aryl methyl sites for hydroxylation is 2. The van der Waals surface area contributed by atoms with Crippen LogP contribution in [0.15, 0.2) is 24.3 Å². The van der Waals surface area contributed by atoms with Crippen molar-refractivity contribution in [1.82, 2.24) is 20.4 Å². The van der Waals surface area contributed by atoms with Gasteiger partial charge >= 0.3 is 0 Å². The van der Waals surface area contributed by atoms with E-state index >= 15 is 0 Å². The molecule has 1 aliphatic rings. The second-order valence-corrected chi connectivity index (χ2v) is 6.25. The summed E-state index contributed by atoms with van der Waals surface area (Å²) in [5.41, 5.74) is 3.82. The molecule has 1 aliphatic carbocycles. The van der Waals surface area contributed by atoms with Crippen molar-refractivity contribution in [3.8, 4) is 5.88 Å². The van der Waals surface area contributed by atoms with E-state index < -0.39 is 0 Å². The highest BCUT2D eigenvalue weighted by Crippen LogP contribution is 2.21. The van der Waals surface area contributed by atoms with Crippen molar-refractivity contribution < 1.29 is 9.53 Å². The molecule has 0 radical (unpaired) electrons. The summed E-state index contributed by atoms with van der Waals surface area (Å²) in [6, 6.07) is 8.12. The number of amides is 1. The molecule has 1 aromatic heterocycles. The van der Waals surface area contributed by atoms with Gasteiger partial charge in [0.25, 0.3) is 5.91 Å². The zero-order valence-corrected chi connectivity index (χ0v) is 15.7. The standard InChI is InChI=1S/C18H24N4O2.ClH/c1-12-16(18(24-3)22(2)21-12)11-19-10-13-5-4-6-14(9-13)17(23)20-15-7-8-15;/h4-6,9,15,19H,7-8,10-11H2,1-3H3,(H,20,23);1H. The molecule has 7 heteroatoms. The molecule has 1 saturated carbocycles. The molecule has 0 aliphatic heterocycles. The number of methoxy groups -OCH3 is 1. The number of rotatable bonds is 7. The highest BCUT2D eigenvalue weighted by Gasteiger charge is 2.23. The van der Waals surface area contributed by atoms with Gasteiger partial charge in [0, 0.05) is 31.7 Å². The van der Waals surface area contributed by atoms with Crippen molar-refractivity contribution in [3.05, 3.63) is 46.6 Å². The molecule has 6 nitrogen and oxygen atoms in total. The van der Waals surface area contributed by atoms with Gasteiger partial charge in [-0.2, -0.15) is 5.10 Å². The maximum atomic E-state index is 12.1. The highest BCUT2D eigenvalue weighted by atomic mass is 35.5. The van der Waals surface area contributed by atoms with Gasteiger partial charge < -0.3 is 15.4 Å². The monoisotopic (exact) mass is 364 g/mol. The largest absolute Gasteiger partial charge is 0.481 e. The number of ether oxygens (including phenoxy) is 1. The molecule has 25 heavy (non-hydrogen) atoms. The van der Waals surface area contributed by atoms with Crippen LogP contribution in [0.1, 0.15) is 40.0 Å². The number of aromatic nitrogens is 2. The Morgan fingerprint density at radius 1 is 1.36 bits per heavy atom. The first kappa shape index (κ1) is 19.3. The molecule has 1 amide bonds. The quantitative estimate of drug-likeness (QED) is 0.791. The molecule has 1 aromatic carbocycles. The van der Waals surface area contributed by atoms with Crippen molar-refractivity contribution in [1.29, 1.82) is 0 Å². The fourth-order valence-electron chi connectivity index (χ4n) is 2.79. The molecule has 1 fully saturated rings. The van der Waals surface area contributed by atoms with Crippen molar-refractivity contribution in [2.45, 2.75) is 38.9 Å². The summed E-state index contributed by atoms with van der Waals surface area (Å²) in [4.78, 5) is 12.1. The SMILES string of the molecule is COc1c(CNCc2cccc(C(=O)NC3CC3)c2)c(C)nn1C.Cl. The van der Waals surface area contributed by atoms with Crippen LogP contribution in [-0.4, -0.2) is 28.8 Å². The number of benzene rings is 1. The van der Waals surface area contributed by atoms with Crippen molar-refractivity contribution >= 4 is 18.3 Å². The first-order valence-electron chi connectivity index (χ1n) is 8.25. The average molecular weight is 365 g/mol. The number of nitrogens with zero attached hydrogens (tertiary/aromatic N) is 2. The molecule has 3 rings (SSSR count). The normalized spacial score (nSPS) is 13.2. The van der Waals surface area contributed by atoms with E-state index in [2.05, 4.69) is 15.7 Å². The van der Waals surface area contributed by atoms with Crippen LogP contribution in [0.25, 0.3) is 0 Å². The summed E-state index contributed by atoms with van der Waals surface area (Å²) >= 11 is 0. The van der Waals surface area contributed by atoms with Gasteiger partial charge in [-0.25, -0.2) is 4.68 Å². The summed E-state index contributed by atoms with van der Waals surface area (Å²) in [6.07, 6.45) is 2.19.